The molecule has 1 amide bonds. The van der Waals surface area contributed by atoms with Gasteiger partial charge in [-0.15, -0.1) is 0 Å². The lowest BCUT2D eigenvalue weighted by molar-refractivity contribution is -0.139. The number of carbonyl (C=O) groups excluding carboxylic acids is 2. The Bertz CT molecular complexity index is 515. The summed E-state index contributed by atoms with van der Waals surface area (Å²) in [6.45, 7) is 2.62. The molecule has 2 unspecified atom stereocenters. The van der Waals surface area contributed by atoms with E-state index in [-0.39, 0.29) is 6.10 Å². The lowest BCUT2D eigenvalue weighted by Gasteiger charge is -2.19. The van der Waals surface area contributed by atoms with E-state index in [2.05, 4.69) is 4.74 Å². The fourth-order valence-corrected chi connectivity index (χ4v) is 2.64. The molecule has 1 aromatic carbocycles. The van der Waals surface area contributed by atoms with E-state index in [1.165, 1.54) is 4.90 Å². The summed E-state index contributed by atoms with van der Waals surface area (Å²) in [5.41, 5.74) is 0.229. The van der Waals surface area contributed by atoms with Crippen molar-refractivity contribution in [2.75, 3.05) is 6.54 Å². The van der Waals surface area contributed by atoms with E-state index >= 15 is 0 Å². The molecule has 100 valence electrons. The van der Waals surface area contributed by atoms with Crippen molar-refractivity contribution in [2.24, 2.45) is 0 Å². The van der Waals surface area contributed by atoms with Crippen LogP contribution in [0.5, 0.6) is 0 Å². The maximum absolute atomic E-state index is 11.7. The fourth-order valence-electron chi connectivity index (χ4n) is 2.64. The minimum Gasteiger partial charge on any atom is -0.374 e. The maximum Gasteiger partial charge on any atom is 0.418 e. The molecule has 0 bridgehead atoms. The highest BCUT2D eigenvalue weighted by Gasteiger charge is 2.57. The molecule has 2 atom stereocenters. The van der Waals surface area contributed by atoms with E-state index in [1.54, 1.807) is 6.92 Å². The van der Waals surface area contributed by atoms with E-state index in [1.807, 2.05) is 30.3 Å². The molecule has 5 nitrogen and oxygen atoms in total. The highest BCUT2D eigenvalue weighted by molar-refractivity contribution is 5.99. The van der Waals surface area contributed by atoms with Crippen LogP contribution in [0, 0.1) is 0 Å². The van der Waals surface area contributed by atoms with Crippen LogP contribution in [0.3, 0.4) is 0 Å². The molecule has 2 heterocycles. The summed E-state index contributed by atoms with van der Waals surface area (Å²) in [4.78, 5) is 24.6. The molecule has 2 aliphatic rings. The molecule has 0 N–H and O–H groups in total. The Morgan fingerprint density at radius 1 is 1.37 bits per heavy atom. The second-order valence-corrected chi connectivity index (χ2v) is 5.16. The molecule has 0 aliphatic carbocycles. The van der Waals surface area contributed by atoms with Crippen LogP contribution in [0.1, 0.15) is 18.9 Å². The average Bonchev–Trinajstić information content (AvgIpc) is 2.85. The van der Waals surface area contributed by atoms with Crippen LogP contribution >= 0.6 is 0 Å². The number of ether oxygens (including phenoxy) is 2. The van der Waals surface area contributed by atoms with Gasteiger partial charge in [-0.05, 0) is 12.5 Å². The third-order valence-corrected chi connectivity index (χ3v) is 3.78. The van der Waals surface area contributed by atoms with Gasteiger partial charge in [0.15, 0.2) is 0 Å². The Balaban J connectivity index is 1.64. The smallest absolute Gasteiger partial charge is 0.374 e. The van der Waals surface area contributed by atoms with E-state index < -0.39 is 17.6 Å². The second kappa shape index (κ2) is 4.35. The summed E-state index contributed by atoms with van der Waals surface area (Å²) in [5, 5.41) is 0. The summed E-state index contributed by atoms with van der Waals surface area (Å²) in [5.74, 6) is -0.469. The third-order valence-electron chi connectivity index (χ3n) is 3.78. The van der Waals surface area contributed by atoms with Crippen molar-refractivity contribution < 1.29 is 19.1 Å². The fraction of sp³-hybridized carbons (Fsp3) is 0.429. The Kier molecular flexibility index (Phi) is 2.78. The molecule has 19 heavy (non-hydrogen) atoms. The Hall–Kier alpha value is -1.88. The topological polar surface area (TPSA) is 55.8 Å². The van der Waals surface area contributed by atoms with Gasteiger partial charge in [-0.25, -0.2) is 9.59 Å². The first-order chi connectivity index (χ1) is 9.09. The van der Waals surface area contributed by atoms with Crippen LogP contribution in [0.15, 0.2) is 30.3 Å². The van der Waals surface area contributed by atoms with Crippen LogP contribution in [0.2, 0.25) is 0 Å². The molecule has 1 aromatic rings. The molecule has 5 heteroatoms. The number of carbonyl (C=O) groups is 2. The minimum absolute atomic E-state index is 0.123. The van der Waals surface area contributed by atoms with Crippen LogP contribution in [0.25, 0.3) is 0 Å². The van der Waals surface area contributed by atoms with Crippen molar-refractivity contribution in [1.82, 2.24) is 4.90 Å². The number of rotatable bonds is 3. The number of fused-ring (bicyclic) bond motifs is 1. The molecule has 0 radical (unpaired) electrons. The number of hydrogen-bond donors (Lipinski definition) is 0. The van der Waals surface area contributed by atoms with E-state index in [0.29, 0.717) is 19.6 Å². The average molecular weight is 261 g/mol. The Labute approximate surface area is 111 Å². The van der Waals surface area contributed by atoms with Gasteiger partial charge in [0.1, 0.15) is 5.54 Å². The van der Waals surface area contributed by atoms with Gasteiger partial charge in [-0.3, -0.25) is 4.90 Å². The Morgan fingerprint density at radius 2 is 2.11 bits per heavy atom. The summed E-state index contributed by atoms with van der Waals surface area (Å²) < 4.78 is 10.4. The predicted octanol–water partition coefficient (Wildman–Crippen LogP) is 1.71. The highest BCUT2D eigenvalue weighted by Crippen LogP contribution is 2.37. The van der Waals surface area contributed by atoms with Gasteiger partial charge in [0.2, 0.25) is 0 Å². The molecule has 0 saturated carbocycles. The summed E-state index contributed by atoms with van der Waals surface area (Å²) in [6, 6.07) is 9.82. The van der Waals surface area contributed by atoms with Gasteiger partial charge in [0.05, 0.1) is 19.3 Å². The van der Waals surface area contributed by atoms with E-state index in [0.717, 1.165) is 5.56 Å². The zero-order chi connectivity index (χ0) is 13.5. The van der Waals surface area contributed by atoms with Crippen LogP contribution in [0.4, 0.5) is 4.79 Å². The largest absolute Gasteiger partial charge is 0.418 e. The normalized spacial score (nSPS) is 29.5. The molecule has 0 aromatic heterocycles. The van der Waals surface area contributed by atoms with Gasteiger partial charge in [0.25, 0.3) is 0 Å². The number of esters is 1. The van der Waals surface area contributed by atoms with Crippen molar-refractivity contribution >= 4 is 12.1 Å². The minimum atomic E-state index is -0.849. The number of benzene rings is 1. The van der Waals surface area contributed by atoms with Crippen molar-refractivity contribution in [3.63, 3.8) is 0 Å². The summed E-state index contributed by atoms with van der Waals surface area (Å²) in [7, 11) is 0. The van der Waals surface area contributed by atoms with Gasteiger partial charge in [-0.1, -0.05) is 30.3 Å². The predicted molar refractivity (Wildman–Crippen MR) is 66.2 cm³/mol. The standard InChI is InChI=1S/C14H15NO4/c1-14-7-11(8-15(14)13(17)19-12(14)16)18-9-10-5-3-2-4-6-10/h2-6,11H,7-9H2,1H3. The highest BCUT2D eigenvalue weighted by atomic mass is 16.6. The molecule has 2 saturated heterocycles. The van der Waals surface area contributed by atoms with Crippen molar-refractivity contribution in [2.45, 2.75) is 31.6 Å². The summed E-state index contributed by atoms with van der Waals surface area (Å²) in [6.07, 6.45) is -0.190. The van der Waals surface area contributed by atoms with Crippen molar-refractivity contribution in [3.8, 4) is 0 Å². The first-order valence-corrected chi connectivity index (χ1v) is 6.29. The lowest BCUT2D eigenvalue weighted by atomic mass is 9.99. The first-order valence-electron chi connectivity index (χ1n) is 6.29. The quantitative estimate of drug-likeness (QED) is 0.614. The molecular formula is C14H15NO4. The number of amides is 1. The van der Waals surface area contributed by atoms with E-state index in [9.17, 15) is 9.59 Å². The van der Waals surface area contributed by atoms with Gasteiger partial charge in [-0.2, -0.15) is 0 Å². The van der Waals surface area contributed by atoms with Crippen LogP contribution in [-0.2, 0) is 20.9 Å². The maximum atomic E-state index is 11.7. The monoisotopic (exact) mass is 261 g/mol. The zero-order valence-electron chi connectivity index (χ0n) is 10.7. The third kappa shape index (κ3) is 2.00. The molecular weight excluding hydrogens is 246 g/mol. The SMILES string of the molecule is CC12CC(OCc3ccccc3)CN1C(=O)OC2=O. The van der Waals surface area contributed by atoms with E-state index in [4.69, 9.17) is 4.74 Å². The second-order valence-electron chi connectivity index (χ2n) is 5.16. The molecule has 0 spiro atoms. The number of hydrogen-bond acceptors (Lipinski definition) is 4. The molecule has 2 fully saturated rings. The summed E-state index contributed by atoms with van der Waals surface area (Å²) >= 11 is 0. The van der Waals surface area contributed by atoms with Crippen LogP contribution < -0.4 is 0 Å². The van der Waals surface area contributed by atoms with Crippen molar-refractivity contribution in [1.29, 1.82) is 0 Å². The molecule has 3 rings (SSSR count). The number of cyclic esters (lactones) is 2. The first kappa shape index (κ1) is 12.2. The molecule has 2 aliphatic heterocycles. The van der Waals surface area contributed by atoms with Gasteiger partial charge in [0, 0.05) is 6.42 Å². The zero-order valence-corrected chi connectivity index (χ0v) is 10.7. The Morgan fingerprint density at radius 3 is 2.79 bits per heavy atom. The van der Waals surface area contributed by atoms with Crippen LogP contribution in [-0.4, -0.2) is 35.2 Å². The lowest BCUT2D eigenvalue weighted by Crippen LogP contribution is -2.41. The van der Waals surface area contributed by atoms with Crippen molar-refractivity contribution in [3.05, 3.63) is 35.9 Å². The van der Waals surface area contributed by atoms with Gasteiger partial charge < -0.3 is 9.47 Å². The van der Waals surface area contributed by atoms with Gasteiger partial charge >= 0.3 is 12.1 Å². The number of nitrogens with zero attached hydrogens (tertiary/aromatic N) is 1.